The van der Waals surface area contributed by atoms with Crippen LogP contribution in [-0.4, -0.2) is 24.0 Å². The molecule has 0 saturated heterocycles. The lowest BCUT2D eigenvalue weighted by molar-refractivity contribution is 0.0972. The van der Waals surface area contributed by atoms with Crippen LogP contribution in [0.1, 0.15) is 10.5 Å². The molecular formula is C18H14N2O2. The summed E-state index contributed by atoms with van der Waals surface area (Å²) in [5, 5.41) is 1.03. The summed E-state index contributed by atoms with van der Waals surface area (Å²) in [7, 11) is 0. The first kappa shape index (κ1) is 12.8. The summed E-state index contributed by atoms with van der Waals surface area (Å²) >= 11 is 0. The number of hydrogen-bond acceptors (Lipinski definition) is 3. The van der Waals surface area contributed by atoms with Gasteiger partial charge in [-0.2, -0.15) is 0 Å². The average Bonchev–Trinajstić information content (AvgIpc) is 2.60. The highest BCUT2D eigenvalue weighted by atomic mass is 16.5. The Hall–Kier alpha value is -2.88. The van der Waals surface area contributed by atoms with E-state index in [2.05, 4.69) is 4.98 Å². The van der Waals surface area contributed by atoms with Crippen molar-refractivity contribution in [2.75, 3.05) is 18.1 Å². The Morgan fingerprint density at radius 2 is 1.82 bits per heavy atom. The van der Waals surface area contributed by atoms with E-state index < -0.39 is 0 Å². The summed E-state index contributed by atoms with van der Waals surface area (Å²) in [4.78, 5) is 19.0. The molecule has 0 saturated carbocycles. The molecule has 0 aliphatic carbocycles. The van der Waals surface area contributed by atoms with Crippen molar-refractivity contribution in [3.8, 4) is 5.75 Å². The van der Waals surface area contributed by atoms with Crippen LogP contribution in [0, 0.1) is 0 Å². The largest absolute Gasteiger partial charge is 0.490 e. The molecule has 0 N–H and O–H groups in total. The minimum absolute atomic E-state index is 0.0958. The predicted molar refractivity (Wildman–Crippen MR) is 85.4 cm³/mol. The average molecular weight is 290 g/mol. The molecule has 0 bridgehead atoms. The first-order valence-corrected chi connectivity index (χ1v) is 7.22. The Labute approximate surface area is 128 Å². The van der Waals surface area contributed by atoms with Gasteiger partial charge in [0.15, 0.2) is 0 Å². The fraction of sp³-hybridized carbons (Fsp3) is 0.111. The van der Waals surface area contributed by atoms with E-state index in [0.29, 0.717) is 18.8 Å². The molecular weight excluding hydrogens is 276 g/mol. The second-order valence-corrected chi connectivity index (χ2v) is 5.16. The maximum Gasteiger partial charge on any atom is 0.277 e. The number of para-hydroxylation sites is 3. The van der Waals surface area contributed by atoms with Crippen molar-refractivity contribution in [3.05, 3.63) is 66.4 Å². The van der Waals surface area contributed by atoms with Crippen LogP contribution in [-0.2, 0) is 0 Å². The van der Waals surface area contributed by atoms with Crippen molar-refractivity contribution < 1.29 is 9.53 Å². The van der Waals surface area contributed by atoms with Crippen LogP contribution >= 0.6 is 0 Å². The van der Waals surface area contributed by atoms with Crippen LogP contribution in [0.25, 0.3) is 10.9 Å². The van der Waals surface area contributed by atoms with Gasteiger partial charge in [0.1, 0.15) is 18.1 Å². The highest BCUT2D eigenvalue weighted by Crippen LogP contribution is 2.31. The number of fused-ring (bicyclic) bond motifs is 2. The van der Waals surface area contributed by atoms with Crippen LogP contribution in [0.5, 0.6) is 5.75 Å². The van der Waals surface area contributed by atoms with Gasteiger partial charge < -0.3 is 9.64 Å². The molecule has 2 heterocycles. The lowest BCUT2D eigenvalue weighted by Gasteiger charge is -2.29. The Balaban J connectivity index is 1.75. The van der Waals surface area contributed by atoms with Gasteiger partial charge in [0.25, 0.3) is 5.91 Å². The monoisotopic (exact) mass is 290 g/mol. The molecule has 4 heteroatoms. The van der Waals surface area contributed by atoms with Gasteiger partial charge in [0.05, 0.1) is 17.7 Å². The van der Waals surface area contributed by atoms with Gasteiger partial charge in [0, 0.05) is 5.39 Å². The number of benzene rings is 2. The standard InChI is InChI=1S/C18H14N2O2/c21-18(15-10-9-13-5-1-2-6-14(13)19-15)20-11-12-22-17-8-4-3-7-16(17)20/h1-10H,11-12H2. The summed E-state index contributed by atoms with van der Waals surface area (Å²) in [5.41, 5.74) is 2.08. The molecule has 108 valence electrons. The van der Waals surface area contributed by atoms with Gasteiger partial charge in [-0.05, 0) is 24.3 Å². The Morgan fingerprint density at radius 3 is 2.77 bits per heavy atom. The number of rotatable bonds is 1. The Bertz CT molecular complexity index is 860. The van der Waals surface area contributed by atoms with E-state index in [1.165, 1.54) is 0 Å². The molecule has 1 amide bonds. The minimum Gasteiger partial charge on any atom is -0.490 e. The molecule has 1 aliphatic rings. The summed E-state index contributed by atoms with van der Waals surface area (Å²) in [6.45, 7) is 1.03. The Kier molecular flexibility index (Phi) is 3.00. The zero-order chi connectivity index (χ0) is 14.9. The summed E-state index contributed by atoms with van der Waals surface area (Å²) in [5.74, 6) is 0.643. The quantitative estimate of drug-likeness (QED) is 0.690. The van der Waals surface area contributed by atoms with Gasteiger partial charge in [0.2, 0.25) is 0 Å². The van der Waals surface area contributed by atoms with Crippen LogP contribution in [0.2, 0.25) is 0 Å². The Morgan fingerprint density at radius 1 is 1.00 bits per heavy atom. The zero-order valence-corrected chi connectivity index (χ0v) is 11.9. The molecule has 0 spiro atoms. The van der Waals surface area contributed by atoms with E-state index >= 15 is 0 Å². The van der Waals surface area contributed by atoms with Crippen LogP contribution in [0.15, 0.2) is 60.7 Å². The second-order valence-electron chi connectivity index (χ2n) is 5.16. The normalized spacial score (nSPS) is 13.5. The molecule has 0 atom stereocenters. The maximum atomic E-state index is 12.8. The third-order valence-corrected chi connectivity index (χ3v) is 3.79. The highest BCUT2D eigenvalue weighted by molar-refractivity contribution is 6.06. The van der Waals surface area contributed by atoms with Gasteiger partial charge in [-0.1, -0.05) is 36.4 Å². The first-order valence-electron chi connectivity index (χ1n) is 7.22. The van der Waals surface area contributed by atoms with E-state index in [4.69, 9.17) is 4.74 Å². The van der Waals surface area contributed by atoms with E-state index in [9.17, 15) is 4.79 Å². The zero-order valence-electron chi connectivity index (χ0n) is 11.9. The lowest BCUT2D eigenvalue weighted by atomic mass is 10.1. The number of carbonyl (C=O) groups is 1. The smallest absolute Gasteiger partial charge is 0.277 e. The highest BCUT2D eigenvalue weighted by Gasteiger charge is 2.25. The maximum absolute atomic E-state index is 12.8. The van der Waals surface area contributed by atoms with Crippen LogP contribution in [0.3, 0.4) is 0 Å². The third kappa shape index (κ3) is 2.09. The number of carbonyl (C=O) groups excluding carboxylic acids is 1. The fourth-order valence-corrected chi connectivity index (χ4v) is 2.70. The summed E-state index contributed by atoms with van der Waals surface area (Å²) in [6, 6.07) is 19.1. The number of pyridine rings is 1. The number of ether oxygens (including phenoxy) is 1. The first-order chi connectivity index (χ1) is 10.8. The van der Waals surface area contributed by atoms with Crippen molar-refractivity contribution in [1.82, 2.24) is 4.98 Å². The molecule has 4 rings (SSSR count). The summed E-state index contributed by atoms with van der Waals surface area (Å²) in [6.07, 6.45) is 0. The molecule has 1 aliphatic heterocycles. The topological polar surface area (TPSA) is 42.4 Å². The molecule has 0 unspecified atom stereocenters. The van der Waals surface area contributed by atoms with Crippen molar-refractivity contribution in [2.24, 2.45) is 0 Å². The van der Waals surface area contributed by atoms with E-state index in [-0.39, 0.29) is 5.91 Å². The lowest BCUT2D eigenvalue weighted by Crippen LogP contribution is -2.38. The van der Waals surface area contributed by atoms with Gasteiger partial charge in [-0.15, -0.1) is 0 Å². The van der Waals surface area contributed by atoms with E-state index in [0.717, 1.165) is 22.3 Å². The SMILES string of the molecule is O=C(c1ccc2ccccc2n1)N1CCOc2ccccc21. The van der Waals surface area contributed by atoms with Crippen LogP contribution in [0.4, 0.5) is 5.69 Å². The number of anilines is 1. The number of amides is 1. The molecule has 22 heavy (non-hydrogen) atoms. The predicted octanol–water partition coefficient (Wildman–Crippen LogP) is 3.27. The van der Waals surface area contributed by atoms with E-state index in [1.54, 1.807) is 11.0 Å². The van der Waals surface area contributed by atoms with Crippen molar-refractivity contribution in [2.45, 2.75) is 0 Å². The van der Waals surface area contributed by atoms with Crippen LogP contribution < -0.4 is 9.64 Å². The third-order valence-electron chi connectivity index (χ3n) is 3.79. The van der Waals surface area contributed by atoms with Crippen molar-refractivity contribution in [1.29, 1.82) is 0 Å². The van der Waals surface area contributed by atoms with Crippen molar-refractivity contribution >= 4 is 22.5 Å². The number of hydrogen-bond donors (Lipinski definition) is 0. The summed E-state index contributed by atoms with van der Waals surface area (Å²) < 4.78 is 5.60. The fourth-order valence-electron chi connectivity index (χ4n) is 2.70. The van der Waals surface area contributed by atoms with Gasteiger partial charge in [-0.25, -0.2) is 4.98 Å². The van der Waals surface area contributed by atoms with Gasteiger partial charge in [-0.3, -0.25) is 4.79 Å². The molecule has 3 aromatic rings. The molecule has 1 aromatic heterocycles. The minimum atomic E-state index is -0.0958. The number of nitrogens with zero attached hydrogens (tertiary/aromatic N) is 2. The number of aromatic nitrogens is 1. The molecule has 2 aromatic carbocycles. The second kappa shape index (κ2) is 5.15. The van der Waals surface area contributed by atoms with E-state index in [1.807, 2.05) is 54.6 Å². The molecule has 4 nitrogen and oxygen atoms in total. The van der Waals surface area contributed by atoms with Crippen molar-refractivity contribution in [3.63, 3.8) is 0 Å². The van der Waals surface area contributed by atoms with Gasteiger partial charge >= 0.3 is 0 Å². The molecule has 0 fully saturated rings. The molecule has 0 radical (unpaired) electrons.